The Bertz CT molecular complexity index is 446. The van der Waals surface area contributed by atoms with Crippen LogP contribution >= 0.6 is 0 Å². The number of piperidine rings is 1. The van der Waals surface area contributed by atoms with E-state index in [2.05, 4.69) is 30.0 Å². The molecule has 19 heavy (non-hydrogen) atoms. The highest BCUT2D eigenvalue weighted by molar-refractivity contribution is 5.39. The van der Waals surface area contributed by atoms with Gasteiger partial charge in [0.2, 0.25) is 0 Å². The van der Waals surface area contributed by atoms with E-state index >= 15 is 0 Å². The van der Waals surface area contributed by atoms with Crippen LogP contribution in [0.4, 0.5) is 0 Å². The number of ether oxygens (including phenoxy) is 1. The number of likely N-dealkylation sites (tertiary alicyclic amines) is 1. The molecule has 2 aliphatic heterocycles. The second-order valence-electron chi connectivity index (χ2n) is 5.97. The Morgan fingerprint density at radius 2 is 2.26 bits per heavy atom. The Kier molecular flexibility index (Phi) is 3.76. The molecule has 1 saturated heterocycles. The van der Waals surface area contributed by atoms with Crippen LogP contribution in [-0.2, 0) is 12.8 Å². The Morgan fingerprint density at radius 3 is 3.16 bits per heavy atom. The molecule has 104 valence electrons. The number of nitrogens with two attached hydrogens (primary N) is 1. The van der Waals surface area contributed by atoms with Gasteiger partial charge in [0.15, 0.2) is 0 Å². The highest BCUT2D eigenvalue weighted by Gasteiger charge is 2.22. The molecule has 2 N–H and O–H groups in total. The van der Waals surface area contributed by atoms with Crippen molar-refractivity contribution in [2.45, 2.75) is 44.7 Å². The largest absolute Gasteiger partial charge is 0.493 e. The molecule has 0 radical (unpaired) electrons. The van der Waals surface area contributed by atoms with E-state index in [1.54, 1.807) is 0 Å². The molecule has 1 aromatic carbocycles. The molecule has 3 nitrogen and oxygen atoms in total. The van der Waals surface area contributed by atoms with Crippen LogP contribution in [0.25, 0.3) is 0 Å². The van der Waals surface area contributed by atoms with Crippen LogP contribution in [0.5, 0.6) is 5.75 Å². The van der Waals surface area contributed by atoms with Crippen LogP contribution in [0.3, 0.4) is 0 Å². The molecule has 2 aliphatic rings. The van der Waals surface area contributed by atoms with E-state index < -0.39 is 0 Å². The summed E-state index contributed by atoms with van der Waals surface area (Å²) in [5, 5.41) is 0. The molecule has 1 aromatic rings. The zero-order chi connectivity index (χ0) is 13.2. The fourth-order valence-electron chi connectivity index (χ4n) is 3.19. The van der Waals surface area contributed by atoms with Gasteiger partial charge >= 0.3 is 0 Å². The second kappa shape index (κ2) is 5.51. The van der Waals surface area contributed by atoms with Gasteiger partial charge in [-0.15, -0.1) is 0 Å². The van der Waals surface area contributed by atoms with Gasteiger partial charge in [0.05, 0.1) is 6.61 Å². The van der Waals surface area contributed by atoms with Gasteiger partial charge in [-0.1, -0.05) is 12.1 Å². The van der Waals surface area contributed by atoms with Gasteiger partial charge in [0.25, 0.3) is 0 Å². The van der Waals surface area contributed by atoms with Crippen molar-refractivity contribution in [2.24, 2.45) is 5.73 Å². The third-order valence-corrected chi connectivity index (χ3v) is 4.49. The summed E-state index contributed by atoms with van der Waals surface area (Å²) in [7, 11) is 0. The molecule has 3 heteroatoms. The van der Waals surface area contributed by atoms with E-state index in [4.69, 9.17) is 10.5 Å². The van der Waals surface area contributed by atoms with E-state index in [0.717, 1.165) is 38.3 Å². The zero-order valence-corrected chi connectivity index (χ0v) is 11.8. The first-order chi connectivity index (χ1) is 9.22. The summed E-state index contributed by atoms with van der Waals surface area (Å²) < 4.78 is 5.55. The lowest BCUT2D eigenvalue weighted by Crippen LogP contribution is -2.48. The fourth-order valence-corrected chi connectivity index (χ4v) is 3.19. The Balaban J connectivity index is 1.59. The standard InChI is InChI=1S/C16H24N2O/c1-12-2-4-15(17)11-18(12)8-6-13-3-5-16-14(10-13)7-9-19-16/h3,5,10,12,15H,2,4,6-9,11,17H2,1H3. The topological polar surface area (TPSA) is 38.5 Å². The smallest absolute Gasteiger partial charge is 0.122 e. The van der Waals surface area contributed by atoms with Crippen molar-refractivity contribution in [2.75, 3.05) is 19.7 Å². The monoisotopic (exact) mass is 260 g/mol. The number of rotatable bonds is 3. The molecule has 3 rings (SSSR count). The third-order valence-electron chi connectivity index (χ3n) is 4.49. The average molecular weight is 260 g/mol. The maximum atomic E-state index is 6.07. The lowest BCUT2D eigenvalue weighted by Gasteiger charge is -2.36. The lowest BCUT2D eigenvalue weighted by atomic mass is 9.99. The molecular formula is C16H24N2O. The van der Waals surface area contributed by atoms with Gasteiger partial charge in [0.1, 0.15) is 5.75 Å². The van der Waals surface area contributed by atoms with E-state index in [9.17, 15) is 0 Å². The van der Waals surface area contributed by atoms with Gasteiger partial charge in [-0.25, -0.2) is 0 Å². The fraction of sp³-hybridized carbons (Fsp3) is 0.625. The molecular weight excluding hydrogens is 236 g/mol. The molecule has 0 amide bonds. The molecule has 0 aliphatic carbocycles. The number of fused-ring (bicyclic) bond motifs is 1. The first kappa shape index (κ1) is 12.9. The molecule has 0 bridgehead atoms. The van der Waals surface area contributed by atoms with Crippen molar-refractivity contribution in [1.82, 2.24) is 4.90 Å². The van der Waals surface area contributed by atoms with E-state index in [1.165, 1.54) is 24.0 Å². The minimum Gasteiger partial charge on any atom is -0.493 e. The third kappa shape index (κ3) is 2.93. The average Bonchev–Trinajstić information content (AvgIpc) is 2.87. The Hall–Kier alpha value is -1.06. The van der Waals surface area contributed by atoms with Crippen LogP contribution < -0.4 is 10.5 Å². The van der Waals surface area contributed by atoms with Gasteiger partial charge in [-0.05, 0) is 43.4 Å². The molecule has 2 unspecified atom stereocenters. The number of hydrogen-bond acceptors (Lipinski definition) is 3. The molecule has 2 heterocycles. The SMILES string of the molecule is CC1CCC(N)CN1CCc1ccc2c(c1)CCO2. The maximum absolute atomic E-state index is 6.07. The summed E-state index contributed by atoms with van der Waals surface area (Å²) in [6.45, 7) is 5.34. The summed E-state index contributed by atoms with van der Waals surface area (Å²) in [6.07, 6.45) is 4.59. The summed E-state index contributed by atoms with van der Waals surface area (Å²) in [4.78, 5) is 2.54. The lowest BCUT2D eigenvalue weighted by molar-refractivity contribution is 0.147. The molecule has 0 spiro atoms. The Labute approximate surface area is 115 Å². The van der Waals surface area contributed by atoms with Crippen molar-refractivity contribution in [3.63, 3.8) is 0 Å². The van der Waals surface area contributed by atoms with Crippen molar-refractivity contribution in [3.8, 4) is 5.75 Å². The zero-order valence-electron chi connectivity index (χ0n) is 11.8. The summed E-state index contributed by atoms with van der Waals surface area (Å²) in [5.74, 6) is 1.08. The quantitative estimate of drug-likeness (QED) is 0.903. The number of hydrogen-bond donors (Lipinski definition) is 1. The molecule has 1 fully saturated rings. The molecule has 0 saturated carbocycles. The van der Waals surface area contributed by atoms with Gasteiger partial charge in [-0.2, -0.15) is 0 Å². The van der Waals surface area contributed by atoms with Crippen molar-refractivity contribution in [3.05, 3.63) is 29.3 Å². The van der Waals surface area contributed by atoms with Crippen molar-refractivity contribution in [1.29, 1.82) is 0 Å². The predicted molar refractivity (Wildman–Crippen MR) is 77.6 cm³/mol. The number of benzene rings is 1. The summed E-state index contributed by atoms with van der Waals surface area (Å²) in [6, 6.07) is 7.70. The first-order valence-electron chi connectivity index (χ1n) is 7.46. The van der Waals surface area contributed by atoms with Crippen LogP contribution in [0, 0.1) is 0 Å². The van der Waals surface area contributed by atoms with Gasteiger partial charge < -0.3 is 10.5 Å². The second-order valence-corrected chi connectivity index (χ2v) is 5.97. The number of nitrogens with zero attached hydrogens (tertiary/aromatic N) is 1. The van der Waals surface area contributed by atoms with Crippen LogP contribution in [-0.4, -0.2) is 36.7 Å². The Morgan fingerprint density at radius 1 is 1.37 bits per heavy atom. The van der Waals surface area contributed by atoms with Crippen LogP contribution in [0.15, 0.2) is 18.2 Å². The van der Waals surface area contributed by atoms with Gasteiger partial charge in [0, 0.05) is 31.6 Å². The van der Waals surface area contributed by atoms with Crippen molar-refractivity contribution < 1.29 is 4.74 Å². The van der Waals surface area contributed by atoms with Crippen LogP contribution in [0.2, 0.25) is 0 Å². The molecule has 0 aromatic heterocycles. The highest BCUT2D eigenvalue weighted by Crippen LogP contribution is 2.26. The minimum absolute atomic E-state index is 0.365. The summed E-state index contributed by atoms with van der Waals surface area (Å²) in [5.41, 5.74) is 8.87. The van der Waals surface area contributed by atoms with E-state index in [1.807, 2.05) is 0 Å². The molecule has 2 atom stereocenters. The normalized spacial score (nSPS) is 27.1. The highest BCUT2D eigenvalue weighted by atomic mass is 16.5. The van der Waals surface area contributed by atoms with Gasteiger partial charge in [-0.3, -0.25) is 4.90 Å². The minimum atomic E-state index is 0.365. The predicted octanol–water partition coefficient (Wildman–Crippen LogP) is 1.98. The maximum Gasteiger partial charge on any atom is 0.122 e. The first-order valence-corrected chi connectivity index (χ1v) is 7.46. The van der Waals surface area contributed by atoms with E-state index in [-0.39, 0.29) is 0 Å². The van der Waals surface area contributed by atoms with Crippen molar-refractivity contribution >= 4 is 0 Å². The van der Waals surface area contributed by atoms with Crippen LogP contribution in [0.1, 0.15) is 30.9 Å². The summed E-state index contributed by atoms with van der Waals surface area (Å²) >= 11 is 0. The van der Waals surface area contributed by atoms with E-state index in [0.29, 0.717) is 12.1 Å².